The minimum Gasteiger partial charge on any atom is -0.290 e. The quantitative estimate of drug-likeness (QED) is 0.221. The Labute approximate surface area is 155 Å². The van der Waals surface area contributed by atoms with Crippen molar-refractivity contribution in [3.05, 3.63) is 87.5 Å². The van der Waals surface area contributed by atoms with E-state index in [0.717, 1.165) is 0 Å². The molecule has 0 atom stereocenters. The number of hydrogen-bond donors (Lipinski definition) is 0. The topological polar surface area (TPSA) is 94.3 Å². The zero-order chi connectivity index (χ0) is 19.4. The number of para-hydroxylation sites is 1. The Morgan fingerprint density at radius 3 is 2.56 bits per heavy atom. The van der Waals surface area contributed by atoms with E-state index in [4.69, 9.17) is 0 Å². The minimum absolute atomic E-state index is 0.0243. The number of benzene rings is 2. The summed E-state index contributed by atoms with van der Waals surface area (Å²) >= 11 is 0. The average Bonchev–Trinajstić information content (AvgIpc) is 2.94. The highest BCUT2D eigenvalue weighted by molar-refractivity contribution is 5.94. The van der Waals surface area contributed by atoms with E-state index >= 15 is 0 Å². The molecule has 0 radical (unpaired) electrons. The van der Waals surface area contributed by atoms with Gasteiger partial charge >= 0.3 is 5.82 Å². The van der Waals surface area contributed by atoms with Crippen LogP contribution in [0.25, 0.3) is 0 Å². The number of ketones is 1. The third-order valence-corrected chi connectivity index (χ3v) is 4.09. The van der Waals surface area contributed by atoms with Gasteiger partial charge in [-0.05, 0) is 11.2 Å². The molecule has 1 aromatic heterocycles. The number of carbonyl (C=O) groups excluding carboxylic acids is 1. The molecule has 136 valence electrons. The van der Waals surface area contributed by atoms with Gasteiger partial charge in [-0.25, -0.2) is 0 Å². The molecule has 27 heavy (non-hydrogen) atoms. The zero-order valence-electron chi connectivity index (χ0n) is 14.9. The highest BCUT2D eigenvalue weighted by atomic mass is 16.6. The minimum atomic E-state index is -0.451. The van der Waals surface area contributed by atoms with E-state index < -0.39 is 4.92 Å². The maximum absolute atomic E-state index is 12.4. The van der Waals surface area contributed by atoms with Crippen LogP contribution in [0, 0.1) is 24.0 Å². The van der Waals surface area contributed by atoms with Crippen molar-refractivity contribution >= 4 is 17.7 Å². The van der Waals surface area contributed by atoms with E-state index in [-0.39, 0.29) is 18.0 Å². The Bertz CT molecular complexity index is 1030. The van der Waals surface area contributed by atoms with Crippen molar-refractivity contribution < 1.29 is 14.4 Å². The molecule has 0 fully saturated rings. The number of aryl methyl sites for hydroxylation is 1. The lowest BCUT2D eigenvalue weighted by molar-refractivity contribution is -0.745. The van der Waals surface area contributed by atoms with Crippen LogP contribution in [0.4, 0.5) is 5.69 Å². The molecule has 3 aromatic rings. The highest BCUT2D eigenvalue weighted by Gasteiger charge is 2.22. The number of hydrogen-bond acceptors (Lipinski definition) is 5. The summed E-state index contributed by atoms with van der Waals surface area (Å²) < 4.78 is 3.12. The van der Waals surface area contributed by atoms with Gasteiger partial charge in [-0.2, -0.15) is 0 Å². The first kappa shape index (κ1) is 18.1. The standard InChI is InChI=1S/C19H18N5O3/c1-14-21-22(13-19(25)16-8-4-3-5-9-16)15(2)23(14)20-12-17-10-6-7-11-18(17)24(26)27/h3-12H,13H2,1-2H3/q+1/b20-12+. The van der Waals surface area contributed by atoms with Crippen molar-refractivity contribution in [1.29, 1.82) is 0 Å². The second-order valence-corrected chi connectivity index (χ2v) is 5.91. The number of nitro groups is 1. The van der Waals surface area contributed by atoms with Crippen LogP contribution in [0.15, 0.2) is 59.7 Å². The summed E-state index contributed by atoms with van der Waals surface area (Å²) in [5.74, 6) is 1.16. The fourth-order valence-electron chi connectivity index (χ4n) is 2.68. The predicted octanol–water partition coefficient (Wildman–Crippen LogP) is 2.46. The molecule has 3 rings (SSSR count). The van der Waals surface area contributed by atoms with Gasteiger partial charge in [0.15, 0.2) is 6.54 Å². The molecule has 0 aliphatic heterocycles. The summed E-state index contributed by atoms with van der Waals surface area (Å²) in [6, 6.07) is 15.4. The molecule has 0 aliphatic carbocycles. The Morgan fingerprint density at radius 1 is 1.19 bits per heavy atom. The van der Waals surface area contributed by atoms with E-state index in [1.54, 1.807) is 53.5 Å². The summed E-state index contributed by atoms with van der Waals surface area (Å²) in [5, 5.41) is 19.8. The Morgan fingerprint density at radius 2 is 1.85 bits per heavy atom. The Balaban J connectivity index is 1.86. The molecular weight excluding hydrogens is 346 g/mol. The van der Waals surface area contributed by atoms with Gasteiger partial charge in [0.05, 0.1) is 16.7 Å². The molecule has 0 saturated carbocycles. The molecule has 0 unspecified atom stereocenters. The molecule has 0 bridgehead atoms. The van der Waals surface area contributed by atoms with Gasteiger partial charge in [0.2, 0.25) is 5.78 Å². The van der Waals surface area contributed by atoms with Crippen LogP contribution in [-0.2, 0) is 6.54 Å². The summed E-state index contributed by atoms with van der Waals surface area (Å²) in [6.07, 6.45) is 1.42. The number of aromatic nitrogens is 3. The Hall–Kier alpha value is -3.68. The van der Waals surface area contributed by atoms with Crippen molar-refractivity contribution in [1.82, 2.24) is 9.77 Å². The third kappa shape index (κ3) is 3.95. The van der Waals surface area contributed by atoms with Gasteiger partial charge in [-0.15, -0.1) is 4.68 Å². The number of rotatable bonds is 6. The second kappa shape index (κ2) is 7.69. The molecule has 8 heteroatoms. The SMILES string of the molecule is Cc1n[n+](CC(=O)c2ccccc2)c(C)n1/N=C/c1ccccc1[N+](=O)[O-]. The van der Waals surface area contributed by atoms with Crippen LogP contribution in [0.1, 0.15) is 27.6 Å². The molecular formula is C19H18N5O3+. The van der Waals surface area contributed by atoms with Gasteiger partial charge in [-0.3, -0.25) is 14.9 Å². The number of nitrogens with zero attached hydrogens (tertiary/aromatic N) is 5. The molecule has 0 saturated heterocycles. The smallest absolute Gasteiger partial charge is 0.290 e. The van der Waals surface area contributed by atoms with Crippen molar-refractivity contribution in [2.45, 2.75) is 20.4 Å². The van der Waals surface area contributed by atoms with Crippen LogP contribution in [0.2, 0.25) is 0 Å². The molecule has 1 heterocycles. The van der Waals surface area contributed by atoms with Crippen molar-refractivity contribution in [3.8, 4) is 0 Å². The van der Waals surface area contributed by atoms with Crippen LogP contribution < -0.4 is 4.68 Å². The predicted molar refractivity (Wildman–Crippen MR) is 98.8 cm³/mol. The van der Waals surface area contributed by atoms with Crippen molar-refractivity contribution in [2.24, 2.45) is 5.10 Å². The molecule has 0 aliphatic rings. The second-order valence-electron chi connectivity index (χ2n) is 5.91. The zero-order valence-corrected chi connectivity index (χ0v) is 14.9. The summed E-state index contributed by atoms with van der Waals surface area (Å²) in [7, 11) is 0. The molecule has 2 aromatic carbocycles. The van der Waals surface area contributed by atoms with Crippen LogP contribution in [-0.4, -0.2) is 26.7 Å². The van der Waals surface area contributed by atoms with Crippen molar-refractivity contribution in [2.75, 3.05) is 0 Å². The fraction of sp³-hybridized carbons (Fsp3) is 0.158. The fourth-order valence-corrected chi connectivity index (χ4v) is 2.68. The number of nitro benzene ring substituents is 1. The van der Waals surface area contributed by atoms with E-state index in [9.17, 15) is 14.9 Å². The first-order valence-electron chi connectivity index (χ1n) is 8.29. The van der Waals surface area contributed by atoms with Gasteiger partial charge < -0.3 is 0 Å². The molecule has 0 spiro atoms. The third-order valence-electron chi connectivity index (χ3n) is 4.09. The van der Waals surface area contributed by atoms with E-state index in [1.807, 2.05) is 18.2 Å². The molecule has 8 nitrogen and oxygen atoms in total. The van der Waals surface area contributed by atoms with Crippen molar-refractivity contribution in [3.63, 3.8) is 0 Å². The number of carbonyl (C=O) groups is 1. The number of Topliss-reactive ketones (excluding diaryl/α,β-unsaturated/α-hetero) is 1. The summed E-state index contributed by atoms with van der Waals surface area (Å²) in [5.41, 5.74) is 0.978. The maximum Gasteiger partial charge on any atom is 0.301 e. The summed E-state index contributed by atoms with van der Waals surface area (Å²) in [4.78, 5) is 23.1. The highest BCUT2D eigenvalue weighted by Crippen LogP contribution is 2.15. The van der Waals surface area contributed by atoms with E-state index in [1.165, 1.54) is 12.3 Å². The van der Waals surface area contributed by atoms with E-state index in [0.29, 0.717) is 22.8 Å². The van der Waals surface area contributed by atoms with Gasteiger partial charge in [0.25, 0.3) is 11.5 Å². The largest absolute Gasteiger partial charge is 0.301 e. The van der Waals surface area contributed by atoms with E-state index in [2.05, 4.69) is 10.2 Å². The normalized spacial score (nSPS) is 11.0. The van der Waals surface area contributed by atoms with Gasteiger partial charge in [0.1, 0.15) is 0 Å². The Kier molecular flexibility index (Phi) is 5.16. The van der Waals surface area contributed by atoms with Crippen LogP contribution in [0.5, 0.6) is 0 Å². The first-order valence-corrected chi connectivity index (χ1v) is 8.29. The summed E-state index contributed by atoms with van der Waals surface area (Å²) in [6.45, 7) is 3.63. The first-order chi connectivity index (χ1) is 13.0. The van der Waals surface area contributed by atoms with Gasteiger partial charge in [0, 0.05) is 25.5 Å². The lowest BCUT2D eigenvalue weighted by atomic mass is 10.1. The average molecular weight is 364 g/mol. The van der Waals surface area contributed by atoms with Crippen LogP contribution in [0.3, 0.4) is 0 Å². The molecule has 0 N–H and O–H groups in total. The lowest BCUT2D eigenvalue weighted by Gasteiger charge is -1.98. The monoisotopic (exact) mass is 364 g/mol. The lowest BCUT2D eigenvalue weighted by Crippen LogP contribution is -2.42. The maximum atomic E-state index is 12.4. The molecule has 0 amide bonds. The van der Waals surface area contributed by atoms with Gasteiger partial charge in [-0.1, -0.05) is 52.2 Å². The van der Waals surface area contributed by atoms with Crippen LogP contribution >= 0.6 is 0 Å².